The van der Waals surface area contributed by atoms with Gasteiger partial charge in [-0.2, -0.15) is 0 Å². The number of carbonyl (C=O) groups excluding carboxylic acids is 1. The average Bonchev–Trinajstić information content (AvgIpc) is 3.26. The van der Waals surface area contributed by atoms with E-state index < -0.39 is 5.82 Å². The van der Waals surface area contributed by atoms with Crippen molar-refractivity contribution in [2.45, 2.75) is 37.3 Å². The van der Waals surface area contributed by atoms with Gasteiger partial charge in [0.1, 0.15) is 29.2 Å². The van der Waals surface area contributed by atoms with Crippen LogP contribution in [0.25, 0.3) is 10.9 Å². The molecule has 1 saturated heterocycles. The number of hydrogen-bond donors (Lipinski definition) is 2. The number of fused-ring (bicyclic) bond motifs is 1. The van der Waals surface area contributed by atoms with Crippen LogP contribution in [0.1, 0.15) is 41.5 Å². The molecule has 1 aliphatic carbocycles. The molecule has 1 aliphatic heterocycles. The number of benzene rings is 1. The van der Waals surface area contributed by atoms with Gasteiger partial charge < -0.3 is 15.0 Å². The quantitative estimate of drug-likeness (QED) is 0.635. The van der Waals surface area contributed by atoms with E-state index in [1.165, 1.54) is 12.1 Å². The molecule has 1 aromatic carbocycles. The number of nitrogens with one attached hydrogen (secondary N) is 2. The molecule has 3 aromatic rings. The highest BCUT2D eigenvalue weighted by Gasteiger charge is 2.38. The van der Waals surface area contributed by atoms with Crippen LogP contribution in [-0.4, -0.2) is 58.0 Å². The summed E-state index contributed by atoms with van der Waals surface area (Å²) in [6, 6.07) is 7.95. The van der Waals surface area contributed by atoms with E-state index in [2.05, 4.69) is 25.2 Å². The number of pyridine rings is 1. The Labute approximate surface area is 183 Å². The van der Waals surface area contributed by atoms with E-state index in [0.29, 0.717) is 28.8 Å². The molecule has 0 bridgehead atoms. The zero-order valence-corrected chi connectivity index (χ0v) is 17.7. The number of amides is 1. The van der Waals surface area contributed by atoms with Crippen LogP contribution in [0.15, 0.2) is 41.3 Å². The highest BCUT2D eigenvalue weighted by molar-refractivity contribution is 5.92. The summed E-state index contributed by atoms with van der Waals surface area (Å²) in [6.07, 6.45) is 4.57. The molecule has 2 aromatic heterocycles. The Bertz CT molecular complexity index is 1210. The minimum Gasteiger partial charge on any atom is -0.486 e. The third-order valence-electron chi connectivity index (χ3n) is 6.37. The molecule has 32 heavy (non-hydrogen) atoms. The number of aromatic amines is 1. The molecule has 2 aliphatic rings. The van der Waals surface area contributed by atoms with Crippen LogP contribution in [0.5, 0.6) is 5.75 Å². The number of ether oxygens (including phenoxy) is 1. The van der Waals surface area contributed by atoms with Gasteiger partial charge in [-0.05, 0) is 49.6 Å². The van der Waals surface area contributed by atoms with E-state index in [1.54, 1.807) is 31.4 Å². The molecule has 3 heterocycles. The van der Waals surface area contributed by atoms with Gasteiger partial charge in [0.25, 0.3) is 11.5 Å². The number of aromatic nitrogens is 3. The molecule has 0 radical (unpaired) electrons. The molecule has 8 nitrogen and oxygen atoms in total. The first-order valence-corrected chi connectivity index (χ1v) is 10.8. The molecule has 2 N–H and O–H groups in total. The van der Waals surface area contributed by atoms with Crippen LogP contribution in [0.2, 0.25) is 0 Å². The van der Waals surface area contributed by atoms with Crippen molar-refractivity contribution in [1.82, 2.24) is 25.2 Å². The number of hydrogen-bond acceptors (Lipinski definition) is 6. The maximum Gasteiger partial charge on any atom is 0.269 e. The van der Waals surface area contributed by atoms with Gasteiger partial charge in [0.05, 0.1) is 17.1 Å². The second-order valence-electron chi connectivity index (χ2n) is 8.43. The van der Waals surface area contributed by atoms with E-state index in [9.17, 15) is 14.0 Å². The third kappa shape index (κ3) is 3.95. The summed E-state index contributed by atoms with van der Waals surface area (Å²) in [5.74, 6) is 0.861. The maximum atomic E-state index is 13.4. The van der Waals surface area contributed by atoms with E-state index in [1.807, 2.05) is 0 Å². The number of rotatable bonds is 5. The third-order valence-corrected chi connectivity index (χ3v) is 6.37. The van der Waals surface area contributed by atoms with Crippen molar-refractivity contribution in [2.75, 3.05) is 20.1 Å². The number of nitrogens with zero attached hydrogens (tertiary/aromatic N) is 3. The van der Waals surface area contributed by atoms with Gasteiger partial charge in [-0.3, -0.25) is 14.5 Å². The first-order valence-electron chi connectivity index (χ1n) is 10.8. The molecule has 2 atom stereocenters. The van der Waals surface area contributed by atoms with Crippen molar-refractivity contribution in [3.8, 4) is 5.75 Å². The second-order valence-corrected chi connectivity index (χ2v) is 8.43. The fraction of sp³-hybridized carbons (Fsp3) is 0.391. The number of halogens is 1. The van der Waals surface area contributed by atoms with Crippen molar-refractivity contribution < 1.29 is 13.9 Å². The van der Waals surface area contributed by atoms with Crippen LogP contribution in [0.3, 0.4) is 0 Å². The van der Waals surface area contributed by atoms with Crippen molar-refractivity contribution >= 4 is 16.8 Å². The Morgan fingerprint density at radius 3 is 2.84 bits per heavy atom. The largest absolute Gasteiger partial charge is 0.486 e. The van der Waals surface area contributed by atoms with Crippen LogP contribution in [0, 0.1) is 5.82 Å². The smallest absolute Gasteiger partial charge is 0.269 e. The summed E-state index contributed by atoms with van der Waals surface area (Å²) in [6.45, 7) is 1.66. The maximum absolute atomic E-state index is 13.4. The topological polar surface area (TPSA) is 100 Å². The summed E-state index contributed by atoms with van der Waals surface area (Å²) in [5, 5.41) is 2.82. The predicted octanol–water partition coefficient (Wildman–Crippen LogP) is 2.22. The lowest BCUT2D eigenvalue weighted by molar-refractivity contribution is -0.00795. The Balaban J connectivity index is 1.17. The Morgan fingerprint density at radius 2 is 2.09 bits per heavy atom. The fourth-order valence-electron chi connectivity index (χ4n) is 4.61. The molecular weight excluding hydrogens is 413 g/mol. The zero-order chi connectivity index (χ0) is 22.2. The summed E-state index contributed by atoms with van der Waals surface area (Å²) >= 11 is 0. The van der Waals surface area contributed by atoms with Crippen LogP contribution < -0.4 is 15.6 Å². The predicted molar refractivity (Wildman–Crippen MR) is 116 cm³/mol. The number of likely N-dealkylation sites (tertiary alicyclic amines) is 1. The van der Waals surface area contributed by atoms with Crippen LogP contribution in [-0.2, 0) is 0 Å². The molecule has 0 spiro atoms. The minimum atomic E-state index is -0.439. The molecular formula is C23H24FN5O3. The zero-order valence-electron chi connectivity index (χ0n) is 17.7. The highest BCUT2D eigenvalue weighted by Crippen LogP contribution is 2.37. The Morgan fingerprint density at radius 1 is 1.25 bits per heavy atom. The normalized spacial score (nSPS) is 21.4. The lowest BCUT2D eigenvalue weighted by atomic mass is 10.0. The lowest BCUT2D eigenvalue weighted by Gasteiger charge is -2.42. The van der Waals surface area contributed by atoms with E-state index in [4.69, 9.17) is 4.74 Å². The van der Waals surface area contributed by atoms with Gasteiger partial charge >= 0.3 is 0 Å². The molecule has 0 unspecified atom stereocenters. The average molecular weight is 437 g/mol. The molecule has 9 heteroatoms. The molecule has 166 valence electrons. The first-order chi connectivity index (χ1) is 15.5. The highest BCUT2D eigenvalue weighted by atomic mass is 19.1. The van der Waals surface area contributed by atoms with Gasteiger partial charge in [-0.1, -0.05) is 0 Å². The lowest BCUT2D eigenvalue weighted by Crippen LogP contribution is -2.57. The van der Waals surface area contributed by atoms with Crippen LogP contribution in [0.4, 0.5) is 4.39 Å². The fourth-order valence-corrected chi connectivity index (χ4v) is 4.61. The summed E-state index contributed by atoms with van der Waals surface area (Å²) in [4.78, 5) is 37.9. The van der Waals surface area contributed by atoms with Crippen LogP contribution >= 0.6 is 0 Å². The summed E-state index contributed by atoms with van der Waals surface area (Å²) < 4.78 is 19.4. The van der Waals surface area contributed by atoms with Gasteiger partial charge in [0, 0.05) is 32.1 Å². The van der Waals surface area contributed by atoms with Crippen molar-refractivity contribution in [3.05, 3.63) is 64.2 Å². The molecule has 2 fully saturated rings. The monoisotopic (exact) mass is 437 g/mol. The van der Waals surface area contributed by atoms with Gasteiger partial charge in [-0.15, -0.1) is 0 Å². The van der Waals surface area contributed by atoms with E-state index in [0.717, 1.165) is 32.4 Å². The van der Waals surface area contributed by atoms with Gasteiger partial charge in [-0.25, -0.2) is 14.4 Å². The van der Waals surface area contributed by atoms with Gasteiger partial charge in [0.2, 0.25) is 0 Å². The van der Waals surface area contributed by atoms with E-state index >= 15 is 0 Å². The standard InChI is InChI=1S/C23H24FN5O3/c1-25-23(31)20-7-5-16(10-26-20)32-17-11-29(12-17)15-4-2-13(8-15)21-27-19-6-3-14(24)9-18(19)22(30)28-21/h3,5-7,9-10,13,15,17H,2,4,8,11-12H2,1H3,(H,25,31)(H,27,28,30)/t13-,15+/m1/s1. The second kappa shape index (κ2) is 8.31. The van der Waals surface area contributed by atoms with Crippen molar-refractivity contribution in [3.63, 3.8) is 0 Å². The Kier molecular flexibility index (Phi) is 5.34. The summed E-state index contributed by atoms with van der Waals surface area (Å²) in [5.41, 5.74) is 0.598. The summed E-state index contributed by atoms with van der Waals surface area (Å²) in [7, 11) is 1.57. The molecule has 1 saturated carbocycles. The van der Waals surface area contributed by atoms with Crippen molar-refractivity contribution in [1.29, 1.82) is 0 Å². The van der Waals surface area contributed by atoms with Gasteiger partial charge in [0.15, 0.2) is 0 Å². The number of carbonyl (C=O) groups is 1. The van der Waals surface area contributed by atoms with E-state index in [-0.39, 0.29) is 28.9 Å². The molecule has 1 amide bonds. The SMILES string of the molecule is CNC(=O)c1ccc(OC2CN([C@H]3CC[C@@H](c4nc5ccc(F)cc5c(=O)[nH]4)C3)C2)cn1. The van der Waals surface area contributed by atoms with Crippen molar-refractivity contribution in [2.24, 2.45) is 0 Å². The Hall–Kier alpha value is -3.33. The number of H-pyrrole nitrogens is 1. The minimum absolute atomic E-state index is 0.0928. The first kappa shape index (κ1) is 20.6. The molecule has 5 rings (SSSR count).